The normalized spacial score (nSPS) is 22.3. The van der Waals surface area contributed by atoms with Gasteiger partial charge in [-0.2, -0.15) is 0 Å². The zero-order valence-corrected chi connectivity index (χ0v) is 8.67. The van der Waals surface area contributed by atoms with Gasteiger partial charge in [-0.15, -0.1) is 0 Å². The van der Waals surface area contributed by atoms with Crippen LogP contribution in [-0.4, -0.2) is 24.2 Å². The maximum Gasteiger partial charge on any atom is 0.129 e. The predicted octanol–water partition coefficient (Wildman–Crippen LogP) is 2.39. The van der Waals surface area contributed by atoms with Gasteiger partial charge in [-0.1, -0.05) is 6.07 Å². The van der Waals surface area contributed by atoms with Crippen LogP contribution in [0.2, 0.25) is 0 Å². The average molecular weight is 245 g/mol. The summed E-state index contributed by atoms with van der Waals surface area (Å²) in [4.78, 5) is 6.23. The number of rotatable bonds is 1. The predicted molar refractivity (Wildman–Crippen MR) is 53.7 cm³/mol. The maximum absolute atomic E-state index is 12.9. The Morgan fingerprint density at radius 3 is 3.00 bits per heavy atom. The van der Waals surface area contributed by atoms with Crippen molar-refractivity contribution in [3.8, 4) is 0 Å². The van der Waals surface area contributed by atoms with Crippen LogP contribution in [0.25, 0.3) is 0 Å². The molecule has 70 valence electrons. The highest BCUT2D eigenvalue weighted by atomic mass is 79.9. The van der Waals surface area contributed by atoms with Crippen molar-refractivity contribution in [2.24, 2.45) is 0 Å². The van der Waals surface area contributed by atoms with Gasteiger partial charge in [0.15, 0.2) is 0 Å². The number of hydrogen-bond donors (Lipinski definition) is 0. The van der Waals surface area contributed by atoms with Gasteiger partial charge >= 0.3 is 0 Å². The highest BCUT2D eigenvalue weighted by Crippen LogP contribution is 2.21. The molecule has 0 bridgehead atoms. The van der Waals surface area contributed by atoms with Crippen LogP contribution in [0.5, 0.6) is 0 Å². The lowest BCUT2D eigenvalue weighted by molar-refractivity contribution is 0.364. The SMILES string of the molecule is FC1CCN(c2cccc(Br)n2)C1. The van der Waals surface area contributed by atoms with E-state index in [1.807, 2.05) is 23.1 Å². The van der Waals surface area contributed by atoms with E-state index in [1.54, 1.807) is 0 Å². The summed E-state index contributed by atoms with van der Waals surface area (Å²) in [6.07, 6.45) is -0.0745. The summed E-state index contributed by atoms with van der Waals surface area (Å²) >= 11 is 3.29. The van der Waals surface area contributed by atoms with Gasteiger partial charge in [0, 0.05) is 6.54 Å². The Hall–Kier alpha value is -0.640. The van der Waals surface area contributed by atoms with Gasteiger partial charge in [0.05, 0.1) is 6.54 Å². The lowest BCUT2D eigenvalue weighted by atomic mass is 10.3. The third-order valence-corrected chi connectivity index (χ3v) is 2.60. The smallest absolute Gasteiger partial charge is 0.129 e. The van der Waals surface area contributed by atoms with E-state index < -0.39 is 6.17 Å². The van der Waals surface area contributed by atoms with Crippen LogP contribution in [0.1, 0.15) is 6.42 Å². The van der Waals surface area contributed by atoms with E-state index in [2.05, 4.69) is 20.9 Å². The van der Waals surface area contributed by atoms with Crippen LogP contribution in [0.3, 0.4) is 0 Å². The van der Waals surface area contributed by atoms with Gasteiger partial charge in [-0.05, 0) is 34.5 Å². The third kappa shape index (κ3) is 1.99. The number of aromatic nitrogens is 1. The minimum absolute atomic E-state index is 0.476. The van der Waals surface area contributed by atoms with E-state index in [0.29, 0.717) is 13.0 Å². The third-order valence-electron chi connectivity index (χ3n) is 2.16. The Morgan fingerprint density at radius 2 is 2.38 bits per heavy atom. The van der Waals surface area contributed by atoms with Crippen LogP contribution in [0.4, 0.5) is 10.2 Å². The van der Waals surface area contributed by atoms with Gasteiger partial charge in [-0.3, -0.25) is 0 Å². The lowest BCUT2D eigenvalue weighted by Gasteiger charge is -2.15. The number of pyridine rings is 1. The van der Waals surface area contributed by atoms with E-state index in [1.165, 1.54) is 0 Å². The second-order valence-electron chi connectivity index (χ2n) is 3.15. The molecule has 1 saturated heterocycles. The summed E-state index contributed by atoms with van der Waals surface area (Å²) in [7, 11) is 0. The van der Waals surface area contributed by atoms with E-state index in [4.69, 9.17) is 0 Å². The molecule has 1 aliphatic rings. The minimum atomic E-state index is -0.694. The molecule has 1 atom stereocenters. The second kappa shape index (κ2) is 3.62. The number of nitrogens with zero attached hydrogens (tertiary/aromatic N) is 2. The molecule has 2 rings (SSSR count). The molecule has 4 heteroatoms. The van der Waals surface area contributed by atoms with Crippen molar-refractivity contribution in [1.29, 1.82) is 0 Å². The first kappa shape index (κ1) is 8.94. The Kier molecular flexibility index (Phi) is 2.49. The molecule has 1 unspecified atom stereocenters. The molecule has 2 nitrogen and oxygen atoms in total. The van der Waals surface area contributed by atoms with E-state index in [0.717, 1.165) is 17.0 Å². The topological polar surface area (TPSA) is 16.1 Å². The number of anilines is 1. The molecule has 1 aromatic rings. The number of halogens is 2. The Morgan fingerprint density at radius 1 is 1.54 bits per heavy atom. The highest BCUT2D eigenvalue weighted by molar-refractivity contribution is 9.10. The summed E-state index contributed by atoms with van der Waals surface area (Å²) in [6.45, 7) is 1.24. The van der Waals surface area contributed by atoms with Crippen LogP contribution >= 0.6 is 15.9 Å². The molecule has 0 aromatic carbocycles. The largest absolute Gasteiger partial charge is 0.354 e. The van der Waals surface area contributed by atoms with Crippen LogP contribution in [0, 0.1) is 0 Å². The van der Waals surface area contributed by atoms with Crippen molar-refractivity contribution in [2.75, 3.05) is 18.0 Å². The molecule has 0 amide bonds. The molecular weight excluding hydrogens is 235 g/mol. The van der Waals surface area contributed by atoms with Crippen LogP contribution in [-0.2, 0) is 0 Å². The van der Waals surface area contributed by atoms with Gasteiger partial charge in [0.25, 0.3) is 0 Å². The van der Waals surface area contributed by atoms with Gasteiger partial charge < -0.3 is 4.90 Å². The quantitative estimate of drug-likeness (QED) is 0.706. The first-order valence-corrected chi connectivity index (χ1v) is 5.06. The number of hydrogen-bond acceptors (Lipinski definition) is 2. The summed E-state index contributed by atoms with van der Waals surface area (Å²) in [5.74, 6) is 0.856. The van der Waals surface area contributed by atoms with E-state index >= 15 is 0 Å². The molecular formula is C9H10BrFN2. The fourth-order valence-corrected chi connectivity index (χ4v) is 1.83. The van der Waals surface area contributed by atoms with Crippen molar-refractivity contribution in [3.63, 3.8) is 0 Å². The van der Waals surface area contributed by atoms with E-state index in [9.17, 15) is 4.39 Å². The molecule has 13 heavy (non-hydrogen) atoms. The molecule has 1 aliphatic heterocycles. The van der Waals surface area contributed by atoms with Crippen molar-refractivity contribution < 1.29 is 4.39 Å². The molecule has 2 heterocycles. The van der Waals surface area contributed by atoms with Crippen LogP contribution in [0.15, 0.2) is 22.8 Å². The van der Waals surface area contributed by atoms with Gasteiger partial charge in [0.1, 0.15) is 16.6 Å². The monoisotopic (exact) mass is 244 g/mol. The van der Waals surface area contributed by atoms with Crippen molar-refractivity contribution in [1.82, 2.24) is 4.98 Å². The summed E-state index contributed by atoms with van der Waals surface area (Å²) < 4.78 is 13.7. The van der Waals surface area contributed by atoms with Gasteiger partial charge in [-0.25, -0.2) is 9.37 Å². The standard InChI is InChI=1S/C9H10BrFN2/c10-8-2-1-3-9(12-8)13-5-4-7(11)6-13/h1-3,7H,4-6H2. The van der Waals surface area contributed by atoms with Gasteiger partial charge in [0.2, 0.25) is 0 Å². The fourth-order valence-electron chi connectivity index (χ4n) is 1.50. The minimum Gasteiger partial charge on any atom is -0.354 e. The van der Waals surface area contributed by atoms with Crippen molar-refractivity contribution in [3.05, 3.63) is 22.8 Å². The molecule has 0 saturated carbocycles. The van der Waals surface area contributed by atoms with Crippen LogP contribution < -0.4 is 4.90 Å². The summed E-state index contributed by atoms with van der Waals surface area (Å²) in [5.41, 5.74) is 0. The average Bonchev–Trinajstić information content (AvgIpc) is 2.52. The van der Waals surface area contributed by atoms with E-state index in [-0.39, 0.29) is 0 Å². The zero-order valence-electron chi connectivity index (χ0n) is 7.08. The Bertz CT molecular complexity index is 305. The molecule has 0 N–H and O–H groups in total. The number of alkyl halides is 1. The molecule has 0 radical (unpaired) electrons. The first-order valence-electron chi connectivity index (χ1n) is 4.27. The molecule has 0 aliphatic carbocycles. The highest BCUT2D eigenvalue weighted by Gasteiger charge is 2.22. The zero-order chi connectivity index (χ0) is 9.26. The molecule has 1 aromatic heterocycles. The first-order chi connectivity index (χ1) is 6.25. The maximum atomic E-state index is 12.9. The van der Waals surface area contributed by atoms with Crippen molar-refractivity contribution >= 4 is 21.7 Å². The summed E-state index contributed by atoms with van der Waals surface area (Å²) in [5, 5.41) is 0. The second-order valence-corrected chi connectivity index (χ2v) is 3.96. The Balaban J connectivity index is 2.16. The molecule has 0 spiro atoms. The summed E-state index contributed by atoms with van der Waals surface area (Å²) in [6, 6.07) is 5.69. The molecule has 1 fully saturated rings. The fraction of sp³-hybridized carbons (Fsp3) is 0.444. The Labute approximate surface area is 84.9 Å². The van der Waals surface area contributed by atoms with Crippen molar-refractivity contribution in [2.45, 2.75) is 12.6 Å². The lowest BCUT2D eigenvalue weighted by Crippen LogP contribution is -2.20.